The van der Waals surface area contributed by atoms with Crippen LogP contribution < -0.4 is 4.90 Å². The number of furan rings is 1. The van der Waals surface area contributed by atoms with Crippen LogP contribution in [-0.2, 0) is 0 Å². The van der Waals surface area contributed by atoms with E-state index in [9.17, 15) is 0 Å². The Bertz CT molecular complexity index is 2760. The third-order valence-corrected chi connectivity index (χ3v) is 9.54. The summed E-state index contributed by atoms with van der Waals surface area (Å²) in [6.45, 7) is 0. The maximum Gasteiger partial charge on any atom is 0.143 e. The zero-order valence-electron chi connectivity index (χ0n) is 25.5. The zero-order chi connectivity index (χ0) is 30.9. The van der Waals surface area contributed by atoms with Crippen molar-refractivity contribution in [1.29, 1.82) is 0 Å². The van der Waals surface area contributed by atoms with E-state index in [0.29, 0.717) is 0 Å². The zero-order valence-corrected chi connectivity index (χ0v) is 25.5. The first-order valence-corrected chi connectivity index (χ1v) is 16.0. The molecule has 0 spiro atoms. The standard InChI is InChI=1S/C44H28N2O/c1-3-16-34-29(11-1)13-9-22-40(34)45(33-24-26-43-39(28-33)38-25-23-30-12-2-4-17-35(30)44(38)47-43)31-14-10-15-32(27-31)46-41-20-7-5-18-36(41)37-19-6-8-21-42(37)46/h1-28H. The topological polar surface area (TPSA) is 21.3 Å². The van der Waals surface area contributed by atoms with Crippen LogP contribution in [0.5, 0.6) is 0 Å². The van der Waals surface area contributed by atoms with Gasteiger partial charge in [0.1, 0.15) is 11.2 Å². The molecule has 2 heterocycles. The van der Waals surface area contributed by atoms with Gasteiger partial charge in [-0.15, -0.1) is 0 Å². The van der Waals surface area contributed by atoms with Gasteiger partial charge in [0.05, 0.1) is 16.7 Å². The molecule has 10 aromatic rings. The summed E-state index contributed by atoms with van der Waals surface area (Å²) in [4.78, 5) is 2.39. The predicted octanol–water partition coefficient (Wildman–Crippen LogP) is 12.5. The third kappa shape index (κ3) is 3.93. The van der Waals surface area contributed by atoms with Crippen molar-refractivity contribution in [1.82, 2.24) is 4.57 Å². The van der Waals surface area contributed by atoms with Gasteiger partial charge in [-0.1, -0.05) is 109 Å². The van der Waals surface area contributed by atoms with E-state index in [-0.39, 0.29) is 0 Å². The molecule has 0 amide bonds. The summed E-state index contributed by atoms with van der Waals surface area (Å²) in [6, 6.07) is 60.8. The van der Waals surface area contributed by atoms with Crippen LogP contribution in [0.2, 0.25) is 0 Å². The minimum Gasteiger partial charge on any atom is -0.455 e. The lowest BCUT2D eigenvalue weighted by Gasteiger charge is -2.27. The number of nitrogens with zero attached hydrogens (tertiary/aromatic N) is 2. The van der Waals surface area contributed by atoms with Crippen molar-refractivity contribution < 1.29 is 4.42 Å². The second-order valence-electron chi connectivity index (χ2n) is 12.2. The fourth-order valence-electron chi connectivity index (χ4n) is 7.43. The van der Waals surface area contributed by atoms with E-state index in [1.807, 2.05) is 0 Å². The Balaban J connectivity index is 1.23. The van der Waals surface area contributed by atoms with E-state index < -0.39 is 0 Å². The predicted molar refractivity (Wildman–Crippen MR) is 198 cm³/mol. The molecule has 220 valence electrons. The molecule has 3 heteroatoms. The molecule has 0 unspecified atom stereocenters. The smallest absolute Gasteiger partial charge is 0.143 e. The lowest BCUT2D eigenvalue weighted by molar-refractivity contribution is 0.672. The van der Waals surface area contributed by atoms with Crippen molar-refractivity contribution in [3.63, 3.8) is 0 Å². The first kappa shape index (κ1) is 26.0. The summed E-state index contributed by atoms with van der Waals surface area (Å²) in [7, 11) is 0. The highest BCUT2D eigenvalue weighted by molar-refractivity contribution is 6.16. The fraction of sp³-hybridized carbons (Fsp3) is 0. The third-order valence-electron chi connectivity index (χ3n) is 9.54. The van der Waals surface area contributed by atoms with Crippen LogP contribution in [0.15, 0.2) is 174 Å². The summed E-state index contributed by atoms with van der Waals surface area (Å²) < 4.78 is 8.89. The second-order valence-corrected chi connectivity index (χ2v) is 12.2. The van der Waals surface area contributed by atoms with E-state index in [4.69, 9.17) is 4.42 Å². The van der Waals surface area contributed by atoms with Crippen LogP contribution in [0.25, 0.3) is 71.0 Å². The van der Waals surface area contributed by atoms with Crippen molar-refractivity contribution in [3.8, 4) is 5.69 Å². The van der Waals surface area contributed by atoms with Crippen LogP contribution in [0.3, 0.4) is 0 Å². The molecule has 10 rings (SSSR count). The molecule has 0 aliphatic carbocycles. The van der Waals surface area contributed by atoms with E-state index in [0.717, 1.165) is 50.1 Å². The van der Waals surface area contributed by atoms with Gasteiger partial charge in [-0.3, -0.25) is 0 Å². The Kier molecular flexibility index (Phi) is 5.57. The number of rotatable bonds is 4. The Labute approximate surface area is 271 Å². The highest BCUT2D eigenvalue weighted by atomic mass is 16.3. The van der Waals surface area contributed by atoms with E-state index in [2.05, 4.69) is 179 Å². The Morgan fingerprint density at radius 2 is 1.02 bits per heavy atom. The summed E-state index contributed by atoms with van der Waals surface area (Å²) in [5.41, 5.74) is 8.60. The lowest BCUT2D eigenvalue weighted by Crippen LogP contribution is -2.11. The number of fused-ring (bicyclic) bond motifs is 9. The van der Waals surface area contributed by atoms with E-state index in [1.165, 1.54) is 38.0 Å². The van der Waals surface area contributed by atoms with Gasteiger partial charge >= 0.3 is 0 Å². The summed E-state index contributed by atoms with van der Waals surface area (Å²) in [5, 5.41) is 9.44. The Hall–Kier alpha value is -6.32. The molecule has 0 aliphatic rings. The lowest BCUT2D eigenvalue weighted by atomic mass is 10.0. The number of hydrogen-bond acceptors (Lipinski definition) is 2. The van der Waals surface area contributed by atoms with Gasteiger partial charge in [-0.25, -0.2) is 0 Å². The fourth-order valence-corrected chi connectivity index (χ4v) is 7.43. The SMILES string of the molecule is c1cc(N(c2ccc3oc4c5ccccc5ccc4c3c2)c2cccc3ccccc23)cc(-n2c3ccccc3c3ccccc32)c1. The molecular weight excluding hydrogens is 572 g/mol. The molecule has 2 aromatic heterocycles. The molecule has 47 heavy (non-hydrogen) atoms. The second kappa shape index (κ2) is 10.1. The monoisotopic (exact) mass is 600 g/mol. The van der Waals surface area contributed by atoms with Crippen molar-refractivity contribution in [2.24, 2.45) is 0 Å². The highest BCUT2D eigenvalue weighted by Gasteiger charge is 2.20. The van der Waals surface area contributed by atoms with Gasteiger partial charge in [0.25, 0.3) is 0 Å². The molecule has 0 fully saturated rings. The van der Waals surface area contributed by atoms with Gasteiger partial charge in [0.2, 0.25) is 0 Å². The van der Waals surface area contributed by atoms with Gasteiger partial charge in [0.15, 0.2) is 0 Å². The average Bonchev–Trinajstić information content (AvgIpc) is 3.68. The number of benzene rings is 8. The summed E-state index contributed by atoms with van der Waals surface area (Å²) >= 11 is 0. The number of aromatic nitrogens is 1. The molecule has 0 aliphatic heterocycles. The molecule has 0 bridgehead atoms. The van der Waals surface area contributed by atoms with Crippen molar-refractivity contribution in [2.45, 2.75) is 0 Å². The van der Waals surface area contributed by atoms with Crippen LogP contribution >= 0.6 is 0 Å². The van der Waals surface area contributed by atoms with Crippen LogP contribution in [-0.4, -0.2) is 4.57 Å². The minimum absolute atomic E-state index is 0.886. The number of hydrogen-bond donors (Lipinski definition) is 0. The average molecular weight is 601 g/mol. The van der Waals surface area contributed by atoms with Crippen LogP contribution in [0.4, 0.5) is 17.1 Å². The van der Waals surface area contributed by atoms with Crippen molar-refractivity contribution >= 4 is 82.4 Å². The van der Waals surface area contributed by atoms with Gasteiger partial charge in [-0.05, 0) is 71.4 Å². The Morgan fingerprint density at radius 3 is 1.81 bits per heavy atom. The molecule has 0 saturated carbocycles. The molecule has 0 atom stereocenters. The molecule has 0 radical (unpaired) electrons. The van der Waals surface area contributed by atoms with Crippen LogP contribution in [0, 0.1) is 0 Å². The van der Waals surface area contributed by atoms with Crippen LogP contribution in [0.1, 0.15) is 0 Å². The first-order chi connectivity index (χ1) is 23.3. The normalized spacial score (nSPS) is 11.8. The maximum atomic E-state index is 6.51. The highest BCUT2D eigenvalue weighted by Crippen LogP contribution is 2.43. The number of anilines is 3. The first-order valence-electron chi connectivity index (χ1n) is 16.0. The molecule has 3 nitrogen and oxygen atoms in total. The quantitative estimate of drug-likeness (QED) is 0.200. The Morgan fingerprint density at radius 1 is 0.404 bits per heavy atom. The molecule has 0 saturated heterocycles. The maximum absolute atomic E-state index is 6.51. The van der Waals surface area contributed by atoms with Crippen molar-refractivity contribution in [3.05, 3.63) is 170 Å². The minimum atomic E-state index is 0.886. The van der Waals surface area contributed by atoms with E-state index >= 15 is 0 Å². The molecule has 0 N–H and O–H groups in total. The van der Waals surface area contributed by atoms with Gasteiger partial charge < -0.3 is 13.9 Å². The summed E-state index contributed by atoms with van der Waals surface area (Å²) in [6.07, 6.45) is 0. The van der Waals surface area contributed by atoms with Gasteiger partial charge in [-0.2, -0.15) is 0 Å². The molecule has 8 aromatic carbocycles. The largest absolute Gasteiger partial charge is 0.455 e. The van der Waals surface area contributed by atoms with Crippen molar-refractivity contribution in [2.75, 3.05) is 4.90 Å². The van der Waals surface area contributed by atoms with E-state index in [1.54, 1.807) is 0 Å². The summed E-state index contributed by atoms with van der Waals surface area (Å²) in [5.74, 6) is 0. The van der Waals surface area contributed by atoms with Gasteiger partial charge in [0, 0.05) is 49.4 Å². The number of para-hydroxylation sites is 2. The molecular formula is C44H28N2O.